The number of ether oxygens (including phenoxy) is 1. The van der Waals surface area contributed by atoms with Gasteiger partial charge in [0.15, 0.2) is 0 Å². The van der Waals surface area contributed by atoms with Crippen LogP contribution in [0.4, 0.5) is 0 Å². The van der Waals surface area contributed by atoms with Gasteiger partial charge in [0.2, 0.25) is 5.91 Å². The van der Waals surface area contributed by atoms with Gasteiger partial charge in [-0.05, 0) is 26.7 Å². The Morgan fingerprint density at radius 1 is 1.67 bits per heavy atom. The molecule has 0 bridgehead atoms. The molecule has 1 aromatic rings. The van der Waals surface area contributed by atoms with Crippen molar-refractivity contribution < 1.29 is 9.53 Å². The quantitative estimate of drug-likeness (QED) is 0.847. The number of hydrogen-bond donors (Lipinski definition) is 2. The monoisotopic (exact) mass is 251 g/mol. The molecule has 0 aromatic carbocycles. The average Bonchev–Trinajstić information content (AvgIpc) is 2.80. The molecule has 1 saturated heterocycles. The Morgan fingerprint density at radius 3 is 3.17 bits per heavy atom. The smallest absolute Gasteiger partial charge is 0.223 e. The normalized spacial score (nSPS) is 22.7. The number of imidazole rings is 1. The average molecular weight is 251 g/mol. The summed E-state index contributed by atoms with van der Waals surface area (Å²) in [6.07, 6.45) is 5.84. The molecule has 0 aliphatic carbocycles. The molecule has 0 unspecified atom stereocenters. The second kappa shape index (κ2) is 5.52. The zero-order valence-corrected chi connectivity index (χ0v) is 11.0. The minimum atomic E-state index is -0.177. The third-order valence-corrected chi connectivity index (χ3v) is 3.32. The summed E-state index contributed by atoms with van der Waals surface area (Å²) in [7, 11) is 0. The molecule has 1 aliphatic rings. The number of aromatic amines is 1. The van der Waals surface area contributed by atoms with Crippen molar-refractivity contribution >= 4 is 5.91 Å². The standard InChI is InChI=1S/C13H21N3O2/c1-13(2)7-10(4-6-18-13)12(17)15-5-3-11-8-14-9-16-11/h8-10H,3-7H2,1-2H3,(H,14,16)(H,15,17)/t10-/m1/s1. The van der Waals surface area contributed by atoms with E-state index in [1.54, 1.807) is 12.5 Å². The first-order chi connectivity index (χ1) is 8.57. The summed E-state index contributed by atoms with van der Waals surface area (Å²) in [5.41, 5.74) is 0.867. The van der Waals surface area contributed by atoms with E-state index < -0.39 is 0 Å². The fourth-order valence-corrected chi connectivity index (χ4v) is 2.34. The van der Waals surface area contributed by atoms with Gasteiger partial charge in [0.05, 0.1) is 11.9 Å². The summed E-state index contributed by atoms with van der Waals surface area (Å²) in [6.45, 7) is 5.40. The summed E-state index contributed by atoms with van der Waals surface area (Å²) < 4.78 is 5.62. The van der Waals surface area contributed by atoms with Gasteiger partial charge in [0.25, 0.3) is 0 Å². The number of H-pyrrole nitrogens is 1. The third kappa shape index (κ3) is 3.57. The molecule has 100 valence electrons. The van der Waals surface area contributed by atoms with Gasteiger partial charge < -0.3 is 15.0 Å². The highest BCUT2D eigenvalue weighted by atomic mass is 16.5. The van der Waals surface area contributed by atoms with Gasteiger partial charge in [0.1, 0.15) is 0 Å². The Balaban J connectivity index is 1.74. The van der Waals surface area contributed by atoms with Crippen LogP contribution >= 0.6 is 0 Å². The van der Waals surface area contributed by atoms with E-state index in [4.69, 9.17) is 4.74 Å². The molecule has 0 radical (unpaired) electrons. The lowest BCUT2D eigenvalue weighted by Crippen LogP contribution is -2.41. The Kier molecular flexibility index (Phi) is 4.01. The first kappa shape index (κ1) is 13.1. The van der Waals surface area contributed by atoms with Crippen molar-refractivity contribution in [3.05, 3.63) is 18.2 Å². The van der Waals surface area contributed by atoms with Crippen LogP contribution in [0, 0.1) is 5.92 Å². The van der Waals surface area contributed by atoms with Gasteiger partial charge in [-0.25, -0.2) is 4.98 Å². The second-order valence-electron chi connectivity index (χ2n) is 5.42. The summed E-state index contributed by atoms with van der Waals surface area (Å²) >= 11 is 0. The molecule has 0 spiro atoms. The molecule has 2 rings (SSSR count). The van der Waals surface area contributed by atoms with Crippen molar-refractivity contribution in [3.8, 4) is 0 Å². The van der Waals surface area contributed by atoms with Crippen molar-refractivity contribution in [3.63, 3.8) is 0 Å². The molecule has 2 N–H and O–H groups in total. The van der Waals surface area contributed by atoms with Crippen molar-refractivity contribution in [1.82, 2.24) is 15.3 Å². The first-order valence-electron chi connectivity index (χ1n) is 6.46. The highest BCUT2D eigenvalue weighted by Crippen LogP contribution is 2.28. The van der Waals surface area contributed by atoms with Crippen molar-refractivity contribution in [1.29, 1.82) is 0 Å². The van der Waals surface area contributed by atoms with Gasteiger partial charge in [-0.1, -0.05) is 0 Å². The SMILES string of the molecule is CC1(C)C[C@H](C(=O)NCCc2cnc[nH]2)CCO1. The predicted octanol–water partition coefficient (Wildman–Crippen LogP) is 1.27. The number of nitrogens with zero attached hydrogens (tertiary/aromatic N) is 1. The lowest BCUT2D eigenvalue weighted by molar-refractivity contribution is -0.135. The zero-order valence-electron chi connectivity index (χ0n) is 11.0. The Morgan fingerprint density at radius 2 is 2.50 bits per heavy atom. The van der Waals surface area contributed by atoms with E-state index in [0.29, 0.717) is 13.2 Å². The number of carbonyl (C=O) groups excluding carboxylic acids is 1. The number of amides is 1. The molecule has 0 saturated carbocycles. The zero-order chi connectivity index (χ0) is 13.0. The highest BCUT2D eigenvalue weighted by molar-refractivity contribution is 5.78. The molecule has 1 aromatic heterocycles. The lowest BCUT2D eigenvalue weighted by atomic mass is 9.88. The van der Waals surface area contributed by atoms with E-state index in [-0.39, 0.29) is 17.4 Å². The molecule has 1 fully saturated rings. The van der Waals surface area contributed by atoms with E-state index in [1.807, 2.05) is 13.8 Å². The predicted molar refractivity (Wildman–Crippen MR) is 68.1 cm³/mol. The van der Waals surface area contributed by atoms with Crippen LogP contribution in [0.2, 0.25) is 0 Å². The van der Waals surface area contributed by atoms with E-state index in [2.05, 4.69) is 15.3 Å². The Hall–Kier alpha value is -1.36. The Bertz CT molecular complexity index is 387. The van der Waals surface area contributed by atoms with Gasteiger partial charge >= 0.3 is 0 Å². The van der Waals surface area contributed by atoms with Crippen LogP contribution in [0.1, 0.15) is 32.4 Å². The van der Waals surface area contributed by atoms with Crippen LogP contribution in [0.15, 0.2) is 12.5 Å². The lowest BCUT2D eigenvalue weighted by Gasteiger charge is -2.34. The van der Waals surface area contributed by atoms with Crippen LogP contribution in [-0.2, 0) is 16.0 Å². The fourth-order valence-electron chi connectivity index (χ4n) is 2.34. The summed E-state index contributed by atoms with van der Waals surface area (Å²) in [5.74, 6) is 0.224. The largest absolute Gasteiger partial charge is 0.376 e. The van der Waals surface area contributed by atoms with Gasteiger partial charge in [-0.15, -0.1) is 0 Å². The van der Waals surface area contributed by atoms with Gasteiger partial charge in [-0.2, -0.15) is 0 Å². The number of aromatic nitrogens is 2. The molecule has 1 aliphatic heterocycles. The highest BCUT2D eigenvalue weighted by Gasteiger charge is 2.32. The molecular weight excluding hydrogens is 230 g/mol. The fraction of sp³-hybridized carbons (Fsp3) is 0.692. The van der Waals surface area contributed by atoms with E-state index in [0.717, 1.165) is 25.0 Å². The molecule has 2 heterocycles. The van der Waals surface area contributed by atoms with E-state index in [9.17, 15) is 4.79 Å². The summed E-state index contributed by atoms with van der Waals surface area (Å²) in [6, 6.07) is 0. The van der Waals surface area contributed by atoms with Crippen LogP contribution in [0.25, 0.3) is 0 Å². The minimum absolute atomic E-state index is 0.0792. The van der Waals surface area contributed by atoms with E-state index in [1.165, 1.54) is 0 Å². The summed E-state index contributed by atoms with van der Waals surface area (Å²) in [4.78, 5) is 19.0. The molecule has 18 heavy (non-hydrogen) atoms. The molecule has 1 atom stereocenters. The maximum absolute atomic E-state index is 12.0. The van der Waals surface area contributed by atoms with Crippen molar-refractivity contribution in [2.24, 2.45) is 5.92 Å². The van der Waals surface area contributed by atoms with Crippen molar-refractivity contribution in [2.75, 3.05) is 13.2 Å². The number of carbonyl (C=O) groups is 1. The van der Waals surface area contributed by atoms with Crippen LogP contribution in [0.3, 0.4) is 0 Å². The van der Waals surface area contributed by atoms with Crippen molar-refractivity contribution in [2.45, 2.75) is 38.7 Å². The summed E-state index contributed by atoms with van der Waals surface area (Å²) in [5, 5.41) is 2.99. The maximum Gasteiger partial charge on any atom is 0.223 e. The van der Waals surface area contributed by atoms with Gasteiger partial charge in [-0.3, -0.25) is 4.79 Å². The van der Waals surface area contributed by atoms with Crippen LogP contribution in [0.5, 0.6) is 0 Å². The Labute approximate surface area is 107 Å². The van der Waals surface area contributed by atoms with Crippen LogP contribution in [-0.4, -0.2) is 34.6 Å². The molecule has 1 amide bonds. The first-order valence-corrected chi connectivity index (χ1v) is 6.46. The molecular formula is C13H21N3O2. The third-order valence-electron chi connectivity index (χ3n) is 3.32. The van der Waals surface area contributed by atoms with Crippen LogP contribution < -0.4 is 5.32 Å². The molecule has 5 heteroatoms. The molecule has 5 nitrogen and oxygen atoms in total. The topological polar surface area (TPSA) is 67.0 Å². The number of nitrogens with one attached hydrogen (secondary N) is 2. The number of rotatable bonds is 4. The number of hydrogen-bond acceptors (Lipinski definition) is 3. The van der Waals surface area contributed by atoms with E-state index >= 15 is 0 Å². The minimum Gasteiger partial charge on any atom is -0.376 e. The maximum atomic E-state index is 12.0. The van der Waals surface area contributed by atoms with Gasteiger partial charge in [0, 0.05) is 37.4 Å². The second-order valence-corrected chi connectivity index (χ2v) is 5.42.